The molecule has 0 saturated carbocycles. The molecule has 0 unspecified atom stereocenters. The van der Waals surface area contributed by atoms with Gasteiger partial charge in [-0.2, -0.15) is 0 Å². The van der Waals surface area contributed by atoms with E-state index >= 15 is 0 Å². The third-order valence-corrected chi connectivity index (χ3v) is 1.23. The van der Waals surface area contributed by atoms with E-state index in [1.807, 2.05) is 6.96 Å². The van der Waals surface area contributed by atoms with E-state index in [2.05, 4.69) is 35.8 Å². The van der Waals surface area contributed by atoms with Crippen molar-refractivity contribution in [3.05, 3.63) is 0 Å². The van der Waals surface area contributed by atoms with Gasteiger partial charge < -0.3 is 0 Å². The second kappa shape index (κ2) is 5.13. The Hall–Kier alpha value is 0.319. The van der Waals surface area contributed by atoms with Crippen molar-refractivity contribution in [2.75, 3.05) is 0 Å². The second-order valence-corrected chi connectivity index (χ2v) is 2.80. The van der Waals surface area contributed by atoms with Crippen molar-refractivity contribution in [3.63, 3.8) is 0 Å². The van der Waals surface area contributed by atoms with Crippen LogP contribution >= 0.6 is 0 Å². The summed E-state index contributed by atoms with van der Waals surface area (Å²) in [5.74, 6) is 0. The fourth-order valence-electron chi connectivity index (χ4n) is 0.424. The molecule has 0 aliphatic carbocycles. The summed E-state index contributed by atoms with van der Waals surface area (Å²) in [6.45, 7) is 2.53. The predicted octanol–water partition coefficient (Wildman–Crippen LogP) is -5.27. The Morgan fingerprint density at radius 3 is 2.22 bits per heavy atom. The molecule has 0 aliphatic rings. The summed E-state index contributed by atoms with van der Waals surface area (Å²) in [6.07, 6.45) is 0.596. The van der Waals surface area contributed by atoms with Crippen LogP contribution < -0.4 is 0 Å². The van der Waals surface area contributed by atoms with E-state index in [4.69, 9.17) is 0 Å². The van der Waals surface area contributed by atoms with E-state index < -0.39 is 0 Å². The van der Waals surface area contributed by atoms with Gasteiger partial charge in [0.05, 0.1) is 0 Å². The van der Waals surface area contributed by atoms with Gasteiger partial charge in [0.15, 0.2) is 0 Å². The van der Waals surface area contributed by atoms with Crippen LogP contribution in [0.25, 0.3) is 0 Å². The molecule has 1 nitrogen and oxygen atoms in total. The topological polar surface area (TPSA) is 12.4 Å². The third-order valence-electron chi connectivity index (χ3n) is 1.23. The van der Waals surface area contributed by atoms with Crippen LogP contribution in [-0.4, -0.2) is 58.0 Å². The molecule has 0 N–H and O–H groups in total. The molecule has 0 aromatic carbocycles. The number of hydrogen-bond donors (Lipinski definition) is 0. The van der Waals surface area contributed by atoms with Crippen LogP contribution in [-0.2, 0) is 0 Å². The monoisotopic (exact) mass is 111 g/mol. The first-order valence-electron chi connectivity index (χ1n) is 3.70. The molecule has 0 aliphatic heterocycles. The molecule has 0 atom stereocenters. The van der Waals surface area contributed by atoms with Gasteiger partial charge in [-0.1, -0.05) is 0 Å². The van der Waals surface area contributed by atoms with Gasteiger partial charge in [-0.05, 0) is 0 Å². The van der Waals surface area contributed by atoms with Crippen molar-refractivity contribution >= 4 is 58.0 Å². The quantitative estimate of drug-likeness (QED) is 0.321. The van der Waals surface area contributed by atoms with Crippen LogP contribution in [0.2, 0.25) is 0 Å². The molecule has 0 amide bonds. The van der Waals surface area contributed by atoms with Crippen LogP contribution in [0.5, 0.6) is 0 Å². The van der Waals surface area contributed by atoms with E-state index in [1.54, 1.807) is 0 Å². The minimum absolute atomic E-state index is 0.507. The molecule has 0 rings (SSSR count). The zero-order valence-electron chi connectivity index (χ0n) is 6.89. The summed E-state index contributed by atoms with van der Waals surface area (Å²) in [4.78, 5) is 4.32. The van der Waals surface area contributed by atoms with Crippen LogP contribution in [0, 0.1) is 0 Å². The summed E-state index contributed by atoms with van der Waals surface area (Å²) >= 11 is 0. The first-order valence-corrected chi connectivity index (χ1v) is 3.70. The average molecular weight is 110 g/mol. The number of nitrogens with zero attached hydrogens (tertiary/aromatic N) is 1. The van der Waals surface area contributed by atoms with E-state index in [1.165, 1.54) is 0 Å². The molecule has 0 spiro atoms. The summed E-state index contributed by atoms with van der Waals surface area (Å²) in [5.41, 5.74) is 0. The maximum absolute atomic E-state index is 4.32. The molecule has 0 fully saturated rings. The molecule has 0 aromatic heterocycles. The van der Waals surface area contributed by atoms with Gasteiger partial charge in [0.2, 0.25) is 0 Å². The van der Waals surface area contributed by atoms with Crippen LogP contribution in [0.1, 0.15) is 0 Å². The van der Waals surface area contributed by atoms with Crippen molar-refractivity contribution in [3.8, 4) is 0 Å². The Morgan fingerprint density at radius 1 is 1.33 bits per heavy atom. The van der Waals surface area contributed by atoms with Gasteiger partial charge in [0, 0.05) is 0 Å². The zero-order chi connectivity index (χ0) is 7.28. The van der Waals surface area contributed by atoms with Crippen molar-refractivity contribution in [2.45, 2.75) is 0 Å². The Kier molecular flexibility index (Phi) is 5.31. The molecule has 9 heavy (non-hydrogen) atoms. The predicted molar refractivity (Wildman–Crippen MR) is 61.0 cm³/mol. The van der Waals surface area contributed by atoms with Crippen molar-refractivity contribution < 1.29 is 0 Å². The number of rotatable bonds is 3. The molecule has 38 valence electrons. The molecule has 0 bridgehead atoms. The van der Waals surface area contributed by atoms with E-state index in [0.717, 1.165) is 7.06 Å². The molecule has 0 heterocycles. The summed E-state index contributed by atoms with van der Waals surface area (Å²) in [7, 11) is 9.72. The fraction of sp³-hybridized carbons (Fsp3) is 0. The Bertz CT molecular complexity index is 84.6. The van der Waals surface area contributed by atoms with Gasteiger partial charge in [0.1, 0.15) is 0 Å². The van der Waals surface area contributed by atoms with Crippen LogP contribution in [0.15, 0.2) is 4.81 Å². The fourth-order valence-corrected chi connectivity index (χ4v) is 0.424. The third kappa shape index (κ3) is 6.20. The molecular weight excluding hydrogens is 101 g/mol. The van der Waals surface area contributed by atoms with Crippen LogP contribution in [0.4, 0.5) is 0 Å². The normalized spacial score (nSPS) is 8.44. The Morgan fingerprint density at radius 2 is 1.89 bits per heavy atom. The average Bonchev–Trinajstić information content (AvgIpc) is 1.83. The molecule has 0 saturated heterocycles. The van der Waals surface area contributed by atoms with Crippen molar-refractivity contribution in [2.24, 2.45) is 4.81 Å². The van der Waals surface area contributed by atoms with Gasteiger partial charge in [0.25, 0.3) is 0 Å². The summed E-state index contributed by atoms with van der Waals surface area (Å²) in [6, 6.07) is 0. The Labute approximate surface area is 63.4 Å². The van der Waals surface area contributed by atoms with Gasteiger partial charge in [-0.3, -0.25) is 0 Å². The summed E-state index contributed by atoms with van der Waals surface area (Å²) < 4.78 is 0. The van der Waals surface area contributed by atoms with Crippen molar-refractivity contribution in [1.29, 1.82) is 0 Å². The van der Waals surface area contributed by atoms with Crippen LogP contribution in [0.3, 0.4) is 0 Å². The standard InChI is InChI=1S/B8H9N/c1-5-8(4)9-6-7(2)3/h5H,1-4H2. The summed E-state index contributed by atoms with van der Waals surface area (Å²) in [5, 5.41) is 0. The van der Waals surface area contributed by atoms with Gasteiger partial charge in [-0.15, -0.1) is 0 Å². The molecular formula is H9B8N. The Balaban J connectivity index is 3.43. The van der Waals surface area contributed by atoms with Crippen molar-refractivity contribution in [1.82, 2.24) is 0 Å². The van der Waals surface area contributed by atoms with Gasteiger partial charge >= 0.3 is 62.8 Å². The first-order chi connectivity index (χ1) is 4.16. The van der Waals surface area contributed by atoms with Gasteiger partial charge in [-0.25, -0.2) is 0 Å². The maximum atomic E-state index is 4.32. The molecule has 0 aromatic rings. The van der Waals surface area contributed by atoms with E-state index in [9.17, 15) is 0 Å². The zero-order valence-corrected chi connectivity index (χ0v) is 6.89. The molecule has 0 radical (unpaired) electrons. The molecule has 9 heteroatoms. The van der Waals surface area contributed by atoms with E-state index in [-0.39, 0.29) is 0 Å². The SMILES string of the molecule is BBB(B)/N=B/B(B)B. The minimum atomic E-state index is 0.507. The first kappa shape index (κ1) is 9.32. The second-order valence-electron chi connectivity index (χ2n) is 2.80. The number of hydrogen-bond acceptors (Lipinski definition) is 1. The van der Waals surface area contributed by atoms with E-state index in [0.29, 0.717) is 13.0 Å².